The Bertz CT molecular complexity index is 291. The van der Waals surface area contributed by atoms with Crippen LogP contribution in [0.3, 0.4) is 0 Å². The maximum absolute atomic E-state index is 5.38. The Morgan fingerprint density at radius 2 is 2.31 bits per heavy atom. The van der Waals surface area contributed by atoms with Crippen LogP contribution in [-0.4, -0.2) is 23.4 Å². The van der Waals surface area contributed by atoms with Crippen LogP contribution in [0.1, 0.15) is 25.7 Å². The van der Waals surface area contributed by atoms with Crippen LogP contribution in [0.15, 0.2) is 4.42 Å². The van der Waals surface area contributed by atoms with E-state index in [1.165, 1.54) is 0 Å². The van der Waals surface area contributed by atoms with Gasteiger partial charge in [0.25, 0.3) is 0 Å². The van der Waals surface area contributed by atoms with Crippen LogP contribution in [0.2, 0.25) is 0 Å². The number of hydrogen-bond acceptors (Lipinski definition) is 5. The summed E-state index contributed by atoms with van der Waals surface area (Å²) >= 11 is 0. The Kier molecular flexibility index (Phi) is 1.95. The van der Waals surface area contributed by atoms with Crippen molar-refractivity contribution < 1.29 is 9.15 Å². The summed E-state index contributed by atoms with van der Waals surface area (Å²) in [6.45, 7) is 3.51. The van der Waals surface area contributed by atoms with Crippen molar-refractivity contribution in [3.63, 3.8) is 0 Å². The highest BCUT2D eigenvalue weighted by atomic mass is 16.5. The van der Waals surface area contributed by atoms with E-state index in [0.717, 1.165) is 19.4 Å². The third-order valence-corrected chi connectivity index (χ3v) is 2.39. The smallest absolute Gasteiger partial charge is 0.312 e. The molecule has 1 aromatic heterocycles. The van der Waals surface area contributed by atoms with E-state index >= 15 is 0 Å². The second kappa shape index (κ2) is 2.99. The first-order chi connectivity index (χ1) is 6.21. The van der Waals surface area contributed by atoms with E-state index < -0.39 is 0 Å². The Morgan fingerprint density at radius 1 is 1.46 bits per heavy atom. The van der Waals surface area contributed by atoms with E-state index in [0.29, 0.717) is 12.5 Å². The third kappa shape index (κ3) is 1.51. The fourth-order valence-corrected chi connectivity index (χ4v) is 1.58. The van der Waals surface area contributed by atoms with Gasteiger partial charge in [0.2, 0.25) is 5.89 Å². The van der Waals surface area contributed by atoms with Gasteiger partial charge in [0.05, 0.1) is 12.0 Å². The summed E-state index contributed by atoms with van der Waals surface area (Å²) in [7, 11) is 0. The zero-order valence-corrected chi connectivity index (χ0v) is 7.62. The van der Waals surface area contributed by atoms with E-state index in [1.54, 1.807) is 0 Å². The second-order valence-electron chi connectivity index (χ2n) is 3.66. The molecule has 0 aliphatic carbocycles. The fourth-order valence-electron chi connectivity index (χ4n) is 1.58. The lowest BCUT2D eigenvalue weighted by atomic mass is 9.85. The van der Waals surface area contributed by atoms with E-state index in [9.17, 15) is 0 Å². The van der Waals surface area contributed by atoms with E-state index in [2.05, 4.69) is 17.1 Å². The van der Waals surface area contributed by atoms with Crippen molar-refractivity contribution in [2.75, 3.05) is 18.9 Å². The molecular weight excluding hydrogens is 170 g/mol. The van der Waals surface area contributed by atoms with Crippen LogP contribution in [0.5, 0.6) is 0 Å². The van der Waals surface area contributed by atoms with Gasteiger partial charge in [0.15, 0.2) is 0 Å². The molecule has 5 nitrogen and oxygen atoms in total. The monoisotopic (exact) mass is 183 g/mol. The molecule has 0 spiro atoms. The van der Waals surface area contributed by atoms with Gasteiger partial charge < -0.3 is 14.9 Å². The summed E-state index contributed by atoms with van der Waals surface area (Å²) in [5.41, 5.74) is 5.21. The molecule has 1 atom stereocenters. The number of hydrogen-bond donors (Lipinski definition) is 1. The van der Waals surface area contributed by atoms with Gasteiger partial charge in [-0.3, -0.25) is 0 Å². The lowest BCUT2D eigenvalue weighted by Gasteiger charge is -2.29. The average Bonchev–Trinajstić information content (AvgIpc) is 2.54. The standard InChI is InChI=1S/C8H13N3O2/c1-8(3-2-4-12-5-8)6-10-11-7(9)13-6/h2-5H2,1H3,(H2,9,11). The molecule has 1 unspecified atom stereocenters. The van der Waals surface area contributed by atoms with Gasteiger partial charge in [-0.05, 0) is 19.8 Å². The van der Waals surface area contributed by atoms with E-state index in [1.807, 2.05) is 0 Å². The summed E-state index contributed by atoms with van der Waals surface area (Å²) in [6, 6.07) is 0.127. The first-order valence-corrected chi connectivity index (χ1v) is 4.38. The lowest BCUT2D eigenvalue weighted by molar-refractivity contribution is 0.0309. The number of nitrogens with two attached hydrogens (primary N) is 1. The van der Waals surface area contributed by atoms with Crippen molar-refractivity contribution in [2.24, 2.45) is 0 Å². The quantitative estimate of drug-likeness (QED) is 0.694. The van der Waals surface area contributed by atoms with Crippen LogP contribution >= 0.6 is 0 Å². The molecule has 0 amide bonds. The summed E-state index contributed by atoms with van der Waals surface area (Å²) in [6.07, 6.45) is 2.04. The number of rotatable bonds is 1. The molecule has 13 heavy (non-hydrogen) atoms. The number of aromatic nitrogens is 2. The van der Waals surface area contributed by atoms with Gasteiger partial charge in [0.1, 0.15) is 0 Å². The maximum atomic E-state index is 5.38. The van der Waals surface area contributed by atoms with Crippen LogP contribution in [0.4, 0.5) is 6.01 Å². The molecule has 0 bridgehead atoms. The summed E-state index contributed by atoms with van der Waals surface area (Å²) in [5.74, 6) is 0.588. The molecule has 5 heteroatoms. The van der Waals surface area contributed by atoms with Crippen molar-refractivity contribution in [3.8, 4) is 0 Å². The molecule has 1 saturated heterocycles. The Balaban J connectivity index is 2.22. The molecule has 2 rings (SSSR count). The Morgan fingerprint density at radius 3 is 2.85 bits per heavy atom. The SMILES string of the molecule is CC1(c2nnc(N)o2)CCCOC1. The third-order valence-electron chi connectivity index (χ3n) is 2.39. The largest absolute Gasteiger partial charge is 0.408 e. The topological polar surface area (TPSA) is 74.2 Å². The normalized spacial score (nSPS) is 29.0. The molecule has 1 fully saturated rings. The van der Waals surface area contributed by atoms with Crippen LogP contribution in [0, 0.1) is 0 Å². The highest BCUT2D eigenvalue weighted by Gasteiger charge is 2.34. The zero-order chi connectivity index (χ0) is 9.31. The molecule has 1 aromatic rings. The van der Waals surface area contributed by atoms with Crippen molar-refractivity contribution in [3.05, 3.63) is 5.89 Å². The molecule has 0 aromatic carbocycles. The van der Waals surface area contributed by atoms with Crippen molar-refractivity contribution >= 4 is 6.01 Å². The molecule has 0 saturated carbocycles. The summed E-state index contributed by atoms with van der Waals surface area (Å²) in [5, 5.41) is 7.53. The second-order valence-corrected chi connectivity index (χ2v) is 3.66. The average molecular weight is 183 g/mol. The zero-order valence-electron chi connectivity index (χ0n) is 7.62. The highest BCUT2D eigenvalue weighted by Crippen LogP contribution is 2.31. The van der Waals surface area contributed by atoms with E-state index in [4.69, 9.17) is 14.9 Å². The van der Waals surface area contributed by atoms with Crippen molar-refractivity contribution in [1.29, 1.82) is 0 Å². The highest BCUT2D eigenvalue weighted by molar-refractivity contribution is 5.11. The lowest BCUT2D eigenvalue weighted by Crippen LogP contribution is -2.33. The minimum atomic E-state index is -0.150. The van der Waals surface area contributed by atoms with Crippen LogP contribution < -0.4 is 5.73 Å². The molecular formula is C8H13N3O2. The molecule has 1 aliphatic heterocycles. The summed E-state index contributed by atoms with van der Waals surface area (Å²) in [4.78, 5) is 0. The molecule has 72 valence electrons. The number of anilines is 1. The minimum Gasteiger partial charge on any atom is -0.408 e. The van der Waals surface area contributed by atoms with Gasteiger partial charge in [0, 0.05) is 6.61 Å². The van der Waals surface area contributed by atoms with Crippen molar-refractivity contribution in [1.82, 2.24) is 10.2 Å². The predicted molar refractivity (Wildman–Crippen MR) is 46.1 cm³/mol. The Hall–Kier alpha value is -1.10. The van der Waals surface area contributed by atoms with Gasteiger partial charge >= 0.3 is 6.01 Å². The first-order valence-electron chi connectivity index (χ1n) is 4.38. The minimum absolute atomic E-state index is 0.127. The molecule has 2 heterocycles. The predicted octanol–water partition coefficient (Wildman–Crippen LogP) is 0.720. The van der Waals surface area contributed by atoms with Gasteiger partial charge in [-0.25, -0.2) is 0 Å². The van der Waals surface area contributed by atoms with Gasteiger partial charge in [-0.15, -0.1) is 5.10 Å². The number of nitrogen functional groups attached to an aromatic ring is 1. The van der Waals surface area contributed by atoms with Gasteiger partial charge in [-0.2, -0.15) is 0 Å². The Labute approximate surface area is 76.3 Å². The molecule has 0 radical (unpaired) electrons. The van der Waals surface area contributed by atoms with Crippen LogP contribution in [-0.2, 0) is 10.2 Å². The maximum Gasteiger partial charge on any atom is 0.312 e. The number of ether oxygens (including phenoxy) is 1. The molecule has 1 aliphatic rings. The summed E-state index contributed by atoms with van der Waals surface area (Å²) < 4.78 is 10.6. The van der Waals surface area contributed by atoms with Crippen LogP contribution in [0.25, 0.3) is 0 Å². The van der Waals surface area contributed by atoms with Gasteiger partial charge in [-0.1, -0.05) is 5.10 Å². The fraction of sp³-hybridized carbons (Fsp3) is 0.750. The van der Waals surface area contributed by atoms with Crippen molar-refractivity contribution in [2.45, 2.75) is 25.2 Å². The first kappa shape index (κ1) is 8.50. The molecule has 2 N–H and O–H groups in total. The number of nitrogens with zero attached hydrogens (tertiary/aromatic N) is 2. The van der Waals surface area contributed by atoms with E-state index in [-0.39, 0.29) is 11.4 Å².